The molecule has 2 rings (SSSR count). The minimum Gasteiger partial charge on any atom is -0.476 e. The molecule has 0 atom stereocenters. The monoisotopic (exact) mass is 258 g/mol. The Kier molecular flexibility index (Phi) is 2.73. The van der Waals surface area contributed by atoms with Crippen molar-refractivity contribution in [3.8, 4) is 5.82 Å². The molecule has 0 saturated heterocycles. The number of carboxylic acids is 1. The van der Waals surface area contributed by atoms with Crippen molar-refractivity contribution in [3.63, 3.8) is 0 Å². The molecule has 0 aliphatic carbocycles. The summed E-state index contributed by atoms with van der Waals surface area (Å²) < 4.78 is 37.8. The Labute approximate surface area is 97.7 Å². The van der Waals surface area contributed by atoms with Crippen LogP contribution in [0.3, 0.4) is 0 Å². The van der Waals surface area contributed by atoms with Gasteiger partial charge in [-0.15, -0.1) is 0 Å². The zero-order valence-electron chi connectivity index (χ0n) is 8.59. The molecule has 0 spiro atoms. The van der Waals surface area contributed by atoms with Gasteiger partial charge in [-0.1, -0.05) is 0 Å². The number of carbonyl (C=O) groups is 1. The maximum Gasteiger partial charge on any atom is 0.435 e. The first-order valence-corrected chi connectivity index (χ1v) is 4.56. The van der Waals surface area contributed by atoms with E-state index in [0.717, 1.165) is 29.3 Å². The average Bonchev–Trinajstić information content (AvgIpc) is 2.78. The Morgan fingerprint density at radius 2 is 2.00 bits per heavy atom. The van der Waals surface area contributed by atoms with Crippen LogP contribution in [0.1, 0.15) is 16.2 Å². The molecule has 0 unspecified atom stereocenters. The van der Waals surface area contributed by atoms with Gasteiger partial charge in [0.25, 0.3) is 0 Å². The largest absolute Gasteiger partial charge is 0.476 e. The van der Waals surface area contributed by atoms with Crippen LogP contribution < -0.4 is 0 Å². The molecule has 2 aromatic rings. The van der Waals surface area contributed by atoms with Crippen LogP contribution >= 0.6 is 0 Å². The summed E-state index contributed by atoms with van der Waals surface area (Å²) in [6.07, 6.45) is -1.52. The highest BCUT2D eigenvalue weighted by molar-refractivity contribution is 5.84. The lowest BCUT2D eigenvalue weighted by Crippen LogP contribution is -2.08. The fourth-order valence-corrected chi connectivity index (χ4v) is 1.15. The third-order valence-electron chi connectivity index (χ3n) is 1.97. The number of carboxylic acid groups (broad SMARTS) is 1. The second-order valence-electron chi connectivity index (χ2n) is 3.21. The third kappa shape index (κ3) is 2.29. The first-order chi connectivity index (χ1) is 8.38. The molecule has 2 aromatic heterocycles. The van der Waals surface area contributed by atoms with E-state index in [1.165, 1.54) is 0 Å². The summed E-state index contributed by atoms with van der Waals surface area (Å²) in [5.74, 6) is -1.28. The number of rotatable bonds is 2. The van der Waals surface area contributed by atoms with Gasteiger partial charge in [0, 0.05) is 6.20 Å². The number of hydrogen-bond donors (Lipinski definition) is 1. The van der Waals surface area contributed by atoms with Crippen LogP contribution in [0.4, 0.5) is 13.2 Å². The predicted octanol–water partition coefficient (Wildman–Crippen LogP) is 1.38. The van der Waals surface area contributed by atoms with Gasteiger partial charge in [0.05, 0.1) is 12.4 Å². The van der Waals surface area contributed by atoms with Gasteiger partial charge in [0.2, 0.25) is 0 Å². The SMILES string of the molecule is O=C(O)c1cnc(-n2ccc(C(F)(F)F)n2)cn1. The van der Waals surface area contributed by atoms with Crippen LogP contribution in [-0.4, -0.2) is 30.8 Å². The van der Waals surface area contributed by atoms with E-state index in [1.807, 2.05) is 0 Å². The smallest absolute Gasteiger partial charge is 0.435 e. The molecule has 0 bridgehead atoms. The molecule has 0 saturated carbocycles. The molecule has 6 nitrogen and oxygen atoms in total. The van der Waals surface area contributed by atoms with Crippen molar-refractivity contribution in [2.45, 2.75) is 6.18 Å². The van der Waals surface area contributed by atoms with Crippen LogP contribution in [0.2, 0.25) is 0 Å². The molecule has 0 amide bonds. The molecule has 18 heavy (non-hydrogen) atoms. The number of nitrogens with zero attached hydrogens (tertiary/aromatic N) is 4. The van der Waals surface area contributed by atoms with Crippen molar-refractivity contribution in [1.82, 2.24) is 19.7 Å². The first kappa shape index (κ1) is 12.0. The lowest BCUT2D eigenvalue weighted by Gasteiger charge is -2.02. The summed E-state index contributed by atoms with van der Waals surface area (Å²) >= 11 is 0. The molecule has 0 fully saturated rings. The van der Waals surface area contributed by atoms with Crippen molar-refractivity contribution in [2.24, 2.45) is 0 Å². The molecular formula is C9H5F3N4O2. The molecular weight excluding hydrogens is 253 g/mol. The van der Waals surface area contributed by atoms with Crippen molar-refractivity contribution < 1.29 is 23.1 Å². The maximum atomic E-state index is 12.3. The Balaban J connectivity index is 2.32. The molecule has 1 N–H and O–H groups in total. The Morgan fingerprint density at radius 1 is 1.28 bits per heavy atom. The topological polar surface area (TPSA) is 80.9 Å². The van der Waals surface area contributed by atoms with Gasteiger partial charge in [-0.25, -0.2) is 19.4 Å². The van der Waals surface area contributed by atoms with Crippen LogP contribution in [0.15, 0.2) is 24.7 Å². The van der Waals surface area contributed by atoms with Gasteiger partial charge >= 0.3 is 12.1 Å². The van der Waals surface area contributed by atoms with Gasteiger partial charge < -0.3 is 5.11 Å². The summed E-state index contributed by atoms with van der Waals surface area (Å²) in [7, 11) is 0. The summed E-state index contributed by atoms with van der Waals surface area (Å²) in [5, 5.41) is 11.9. The third-order valence-corrected chi connectivity index (χ3v) is 1.97. The maximum absolute atomic E-state index is 12.3. The average molecular weight is 258 g/mol. The molecule has 0 aromatic carbocycles. The number of hydrogen-bond acceptors (Lipinski definition) is 4. The fraction of sp³-hybridized carbons (Fsp3) is 0.111. The van der Waals surface area contributed by atoms with E-state index in [4.69, 9.17) is 5.11 Å². The van der Waals surface area contributed by atoms with Crippen molar-refractivity contribution >= 4 is 5.97 Å². The first-order valence-electron chi connectivity index (χ1n) is 4.56. The molecule has 2 heterocycles. The van der Waals surface area contributed by atoms with Crippen LogP contribution in [0.25, 0.3) is 5.82 Å². The quantitative estimate of drug-likeness (QED) is 0.880. The second-order valence-corrected chi connectivity index (χ2v) is 3.21. The summed E-state index contributed by atoms with van der Waals surface area (Å²) in [6, 6.07) is 0.785. The summed E-state index contributed by atoms with van der Waals surface area (Å²) in [6.45, 7) is 0. The van der Waals surface area contributed by atoms with Crippen LogP contribution in [-0.2, 0) is 6.18 Å². The van der Waals surface area contributed by atoms with Gasteiger partial charge in [-0.05, 0) is 6.07 Å². The fourth-order valence-electron chi connectivity index (χ4n) is 1.15. The minimum absolute atomic E-state index is 0.00417. The molecule has 9 heteroatoms. The lowest BCUT2D eigenvalue weighted by atomic mass is 10.4. The van der Waals surface area contributed by atoms with Crippen molar-refractivity contribution in [1.29, 1.82) is 0 Å². The van der Waals surface area contributed by atoms with Crippen LogP contribution in [0, 0.1) is 0 Å². The zero-order chi connectivity index (χ0) is 13.3. The van der Waals surface area contributed by atoms with Crippen molar-refractivity contribution in [3.05, 3.63) is 36.0 Å². The number of aromatic nitrogens is 4. The molecule has 94 valence electrons. The number of aromatic carboxylic acids is 1. The highest BCUT2D eigenvalue weighted by Crippen LogP contribution is 2.27. The van der Waals surface area contributed by atoms with E-state index < -0.39 is 17.8 Å². The molecule has 0 aliphatic rings. The van der Waals surface area contributed by atoms with E-state index in [-0.39, 0.29) is 11.5 Å². The highest BCUT2D eigenvalue weighted by atomic mass is 19.4. The zero-order valence-corrected chi connectivity index (χ0v) is 8.59. The number of alkyl halides is 3. The normalized spacial score (nSPS) is 11.5. The van der Waals surface area contributed by atoms with E-state index in [9.17, 15) is 18.0 Å². The van der Waals surface area contributed by atoms with E-state index in [0.29, 0.717) is 0 Å². The van der Waals surface area contributed by atoms with Gasteiger partial charge in [0.1, 0.15) is 0 Å². The standard InChI is InChI=1S/C9H5F3N4O2/c10-9(11,12)6-1-2-16(15-6)7-4-13-5(3-14-7)8(17)18/h1-4H,(H,17,18). The Morgan fingerprint density at radius 3 is 2.44 bits per heavy atom. The van der Waals surface area contributed by atoms with Gasteiger partial charge in [0.15, 0.2) is 17.2 Å². The molecule has 0 aliphatic heterocycles. The summed E-state index contributed by atoms with van der Waals surface area (Å²) in [4.78, 5) is 17.7. The number of halogens is 3. The van der Waals surface area contributed by atoms with Gasteiger partial charge in [-0.3, -0.25) is 0 Å². The van der Waals surface area contributed by atoms with Gasteiger partial charge in [-0.2, -0.15) is 18.3 Å². The molecule has 0 radical (unpaired) electrons. The second kappa shape index (κ2) is 4.09. The van der Waals surface area contributed by atoms with E-state index >= 15 is 0 Å². The van der Waals surface area contributed by atoms with E-state index in [2.05, 4.69) is 15.1 Å². The van der Waals surface area contributed by atoms with Crippen LogP contribution in [0.5, 0.6) is 0 Å². The Hall–Kier alpha value is -2.45. The predicted molar refractivity (Wildman–Crippen MR) is 51.1 cm³/mol. The van der Waals surface area contributed by atoms with Crippen molar-refractivity contribution in [2.75, 3.05) is 0 Å². The van der Waals surface area contributed by atoms with E-state index in [1.54, 1.807) is 0 Å². The minimum atomic E-state index is -4.54. The lowest BCUT2D eigenvalue weighted by molar-refractivity contribution is -0.141. The Bertz CT molecular complexity index is 576. The summed E-state index contributed by atoms with van der Waals surface area (Å²) in [5.41, 5.74) is -1.37. The highest BCUT2D eigenvalue weighted by Gasteiger charge is 2.33.